The van der Waals surface area contributed by atoms with Gasteiger partial charge in [-0.1, -0.05) is 0 Å². The van der Waals surface area contributed by atoms with Crippen LogP contribution < -0.4 is 5.32 Å². The fraction of sp³-hybridized carbons (Fsp3) is 0.733. The Balaban J connectivity index is 1.41. The van der Waals surface area contributed by atoms with Crippen LogP contribution in [0.3, 0.4) is 0 Å². The van der Waals surface area contributed by atoms with Crippen LogP contribution in [0.2, 0.25) is 0 Å². The average molecular weight is 292 g/mol. The number of rotatable bonds is 6. The molecule has 1 aliphatic carbocycles. The summed E-state index contributed by atoms with van der Waals surface area (Å²) in [6, 6.07) is 0. The molecule has 1 aromatic rings. The number of piperidine rings is 1. The first-order valence-corrected chi connectivity index (χ1v) is 7.78. The number of aliphatic hydroxyl groups is 1. The second-order valence-corrected chi connectivity index (χ2v) is 6.54. The summed E-state index contributed by atoms with van der Waals surface area (Å²) in [4.78, 5) is 18.1. The van der Waals surface area contributed by atoms with Gasteiger partial charge in [0.2, 0.25) is 5.91 Å². The second-order valence-electron chi connectivity index (χ2n) is 6.54. The van der Waals surface area contributed by atoms with Crippen LogP contribution in [0.1, 0.15) is 25.7 Å². The highest BCUT2D eigenvalue weighted by Crippen LogP contribution is 2.46. The minimum atomic E-state index is -0.275. The zero-order valence-electron chi connectivity index (χ0n) is 12.4. The van der Waals surface area contributed by atoms with E-state index < -0.39 is 0 Å². The molecule has 1 aromatic heterocycles. The first kappa shape index (κ1) is 14.5. The highest BCUT2D eigenvalue weighted by molar-refractivity contribution is 5.78. The number of carbonyl (C=O) groups excluding carboxylic acids is 1. The van der Waals surface area contributed by atoms with Crippen molar-refractivity contribution in [3.05, 3.63) is 18.7 Å². The minimum absolute atomic E-state index is 0.0704. The van der Waals surface area contributed by atoms with Gasteiger partial charge in [0.15, 0.2) is 0 Å². The Bertz CT molecular complexity index is 470. The van der Waals surface area contributed by atoms with Gasteiger partial charge in [0, 0.05) is 37.4 Å². The number of aliphatic hydroxyl groups excluding tert-OH is 1. The fourth-order valence-electron chi connectivity index (χ4n) is 3.05. The smallest absolute Gasteiger partial charge is 0.234 e. The van der Waals surface area contributed by atoms with Crippen molar-refractivity contribution >= 4 is 5.91 Å². The molecule has 1 saturated carbocycles. The standard InChI is InChI=1S/C15H24N4O2/c20-13-2-1-6-18(8-13)9-14(21)17-10-15(3-4-15)11-19-7-5-16-12-19/h5,7,12-13,20H,1-4,6,8-11H2,(H,17,21)/t13-/m1/s1. The molecule has 2 heterocycles. The molecule has 0 unspecified atom stereocenters. The van der Waals surface area contributed by atoms with Gasteiger partial charge in [0.25, 0.3) is 0 Å². The Hall–Kier alpha value is -1.40. The lowest BCUT2D eigenvalue weighted by molar-refractivity contribution is -0.123. The second kappa shape index (κ2) is 6.15. The van der Waals surface area contributed by atoms with Crippen molar-refractivity contribution in [3.63, 3.8) is 0 Å². The number of likely N-dealkylation sites (tertiary alicyclic amines) is 1. The van der Waals surface area contributed by atoms with Gasteiger partial charge in [0.05, 0.1) is 19.0 Å². The van der Waals surface area contributed by atoms with Gasteiger partial charge < -0.3 is 15.0 Å². The van der Waals surface area contributed by atoms with E-state index >= 15 is 0 Å². The number of aromatic nitrogens is 2. The van der Waals surface area contributed by atoms with E-state index in [1.807, 2.05) is 17.4 Å². The number of nitrogens with one attached hydrogen (secondary N) is 1. The molecule has 1 saturated heterocycles. The molecule has 1 atom stereocenters. The first-order chi connectivity index (χ1) is 10.2. The van der Waals surface area contributed by atoms with Crippen LogP contribution in [-0.4, -0.2) is 57.7 Å². The molecule has 21 heavy (non-hydrogen) atoms. The van der Waals surface area contributed by atoms with Gasteiger partial charge in [-0.3, -0.25) is 9.69 Å². The van der Waals surface area contributed by atoms with Crippen LogP contribution in [0.25, 0.3) is 0 Å². The molecule has 1 amide bonds. The van der Waals surface area contributed by atoms with Gasteiger partial charge in [-0.25, -0.2) is 4.98 Å². The molecular weight excluding hydrogens is 268 g/mol. The van der Waals surface area contributed by atoms with Crippen molar-refractivity contribution in [1.29, 1.82) is 0 Å². The maximum Gasteiger partial charge on any atom is 0.234 e. The molecular formula is C15H24N4O2. The fourth-order valence-corrected chi connectivity index (χ4v) is 3.05. The number of hydrogen-bond donors (Lipinski definition) is 2. The normalized spacial score (nSPS) is 24.7. The number of hydrogen-bond acceptors (Lipinski definition) is 4. The average Bonchev–Trinajstić information content (AvgIpc) is 3.01. The van der Waals surface area contributed by atoms with Gasteiger partial charge in [0.1, 0.15) is 0 Å². The third-order valence-corrected chi connectivity index (χ3v) is 4.54. The molecule has 116 valence electrons. The summed E-state index contributed by atoms with van der Waals surface area (Å²) in [5, 5.41) is 12.7. The molecule has 0 bridgehead atoms. The Kier molecular flexibility index (Phi) is 4.26. The van der Waals surface area contributed by atoms with E-state index in [9.17, 15) is 9.90 Å². The predicted octanol–water partition coefficient (Wildman–Crippen LogP) is 0.236. The van der Waals surface area contributed by atoms with Gasteiger partial charge in [-0.15, -0.1) is 0 Å². The monoisotopic (exact) mass is 292 g/mol. The molecule has 2 fully saturated rings. The zero-order chi connectivity index (χ0) is 14.7. The third-order valence-electron chi connectivity index (χ3n) is 4.54. The van der Waals surface area contributed by atoms with Crippen LogP contribution in [0.5, 0.6) is 0 Å². The van der Waals surface area contributed by atoms with E-state index in [1.54, 1.807) is 6.20 Å². The van der Waals surface area contributed by atoms with Crippen molar-refractivity contribution in [3.8, 4) is 0 Å². The Morgan fingerprint density at radius 2 is 2.33 bits per heavy atom. The Morgan fingerprint density at radius 3 is 3.00 bits per heavy atom. The number of β-amino-alcohol motifs (C(OH)–C–C–N with tert-alkyl or cyclic N) is 1. The first-order valence-electron chi connectivity index (χ1n) is 7.78. The van der Waals surface area contributed by atoms with Crippen molar-refractivity contribution < 1.29 is 9.90 Å². The van der Waals surface area contributed by atoms with Crippen molar-refractivity contribution in [1.82, 2.24) is 19.8 Å². The predicted molar refractivity (Wildman–Crippen MR) is 78.6 cm³/mol. The SMILES string of the molecule is O=C(CN1CCC[C@@H](O)C1)NCC1(Cn2ccnc2)CC1. The van der Waals surface area contributed by atoms with Crippen LogP contribution in [0.4, 0.5) is 0 Å². The van der Waals surface area contributed by atoms with Crippen LogP contribution in [-0.2, 0) is 11.3 Å². The number of nitrogens with zero attached hydrogens (tertiary/aromatic N) is 3. The lowest BCUT2D eigenvalue weighted by Crippen LogP contribution is -2.45. The van der Waals surface area contributed by atoms with E-state index in [0.717, 1.165) is 45.3 Å². The van der Waals surface area contributed by atoms with Crippen molar-refractivity contribution in [2.24, 2.45) is 5.41 Å². The lowest BCUT2D eigenvalue weighted by Gasteiger charge is -2.29. The highest BCUT2D eigenvalue weighted by Gasteiger charge is 2.43. The summed E-state index contributed by atoms with van der Waals surface area (Å²) in [6.45, 7) is 3.59. The van der Waals surface area contributed by atoms with Crippen molar-refractivity contribution in [2.75, 3.05) is 26.2 Å². The van der Waals surface area contributed by atoms with E-state index in [2.05, 4.69) is 14.9 Å². The Labute approximate surface area is 125 Å². The van der Waals surface area contributed by atoms with E-state index in [4.69, 9.17) is 0 Å². The molecule has 0 spiro atoms. The maximum absolute atomic E-state index is 12.0. The van der Waals surface area contributed by atoms with Gasteiger partial charge in [-0.2, -0.15) is 0 Å². The summed E-state index contributed by atoms with van der Waals surface area (Å²) < 4.78 is 2.08. The Morgan fingerprint density at radius 1 is 1.48 bits per heavy atom. The lowest BCUT2D eigenvalue weighted by atomic mass is 10.1. The van der Waals surface area contributed by atoms with E-state index in [-0.39, 0.29) is 17.4 Å². The summed E-state index contributed by atoms with van der Waals surface area (Å²) in [6.07, 6.45) is 9.46. The molecule has 0 aromatic carbocycles. The molecule has 2 aliphatic rings. The third kappa shape index (κ3) is 4.04. The number of amides is 1. The van der Waals surface area contributed by atoms with E-state index in [0.29, 0.717) is 13.1 Å². The van der Waals surface area contributed by atoms with Gasteiger partial charge in [-0.05, 0) is 32.2 Å². The summed E-state index contributed by atoms with van der Waals surface area (Å²) in [5.41, 5.74) is 0.220. The quantitative estimate of drug-likeness (QED) is 0.788. The van der Waals surface area contributed by atoms with E-state index in [1.165, 1.54) is 0 Å². The molecule has 2 N–H and O–H groups in total. The largest absolute Gasteiger partial charge is 0.392 e. The van der Waals surface area contributed by atoms with Crippen LogP contribution in [0, 0.1) is 5.41 Å². The number of imidazole rings is 1. The molecule has 3 rings (SSSR count). The summed E-state index contributed by atoms with van der Waals surface area (Å²) >= 11 is 0. The van der Waals surface area contributed by atoms with Crippen LogP contribution >= 0.6 is 0 Å². The summed E-state index contributed by atoms with van der Waals surface area (Å²) in [7, 11) is 0. The molecule has 6 nitrogen and oxygen atoms in total. The van der Waals surface area contributed by atoms with Gasteiger partial charge >= 0.3 is 0 Å². The summed E-state index contributed by atoms with van der Waals surface area (Å²) in [5.74, 6) is 0.0704. The molecule has 6 heteroatoms. The topological polar surface area (TPSA) is 70.4 Å². The number of carbonyl (C=O) groups is 1. The molecule has 0 radical (unpaired) electrons. The minimum Gasteiger partial charge on any atom is -0.392 e. The molecule has 1 aliphatic heterocycles. The highest BCUT2D eigenvalue weighted by atomic mass is 16.3. The maximum atomic E-state index is 12.0. The zero-order valence-corrected chi connectivity index (χ0v) is 12.4. The van der Waals surface area contributed by atoms with Crippen LogP contribution in [0.15, 0.2) is 18.7 Å². The van der Waals surface area contributed by atoms with Crippen molar-refractivity contribution in [2.45, 2.75) is 38.3 Å².